The van der Waals surface area contributed by atoms with Crippen LogP contribution in [0.15, 0.2) is 299 Å². The maximum absolute atomic E-state index is 12.9. The first kappa shape index (κ1) is 97.6. The van der Waals surface area contributed by atoms with Gasteiger partial charge in [0.15, 0.2) is 28.8 Å². The van der Waals surface area contributed by atoms with Crippen molar-refractivity contribution in [2.24, 2.45) is 5.92 Å². The third-order valence-corrected chi connectivity index (χ3v) is 26.4. The number of aliphatic hydroxyl groups is 1. The van der Waals surface area contributed by atoms with Crippen molar-refractivity contribution in [3.05, 3.63) is 317 Å². The molecule has 149 heavy (non-hydrogen) atoms. The number of ether oxygens (including phenoxy) is 5. The van der Waals surface area contributed by atoms with Gasteiger partial charge in [0.05, 0.1) is 162 Å². The Bertz CT molecular complexity index is 8450. The summed E-state index contributed by atoms with van der Waals surface area (Å²) in [7, 11) is 7.70. The van der Waals surface area contributed by atoms with Gasteiger partial charge in [-0.2, -0.15) is 25.5 Å². The van der Waals surface area contributed by atoms with Crippen LogP contribution in [0.3, 0.4) is 0 Å². The maximum atomic E-state index is 12.9. The lowest BCUT2D eigenvalue weighted by molar-refractivity contribution is -0.127. The fourth-order valence-corrected chi connectivity index (χ4v) is 18.7. The predicted octanol–water partition coefficient (Wildman–Crippen LogP) is 21.3. The van der Waals surface area contributed by atoms with E-state index in [0.29, 0.717) is 209 Å². The molecule has 36 heteroatoms. The highest BCUT2D eigenvalue weighted by atomic mass is 32.1. The van der Waals surface area contributed by atoms with E-state index in [2.05, 4.69) is 82.6 Å². The van der Waals surface area contributed by atoms with Crippen molar-refractivity contribution in [3.8, 4) is 86.0 Å². The Labute approximate surface area is 852 Å². The number of nitrogens with zero attached hydrogens (tertiary/aromatic N) is 7. The van der Waals surface area contributed by atoms with Gasteiger partial charge in [-0.05, 0) is 170 Å². The Morgan fingerprint density at radius 3 is 1.07 bits per heavy atom. The molecule has 0 aliphatic carbocycles. The van der Waals surface area contributed by atoms with Crippen molar-refractivity contribution < 1.29 is 84.1 Å². The predicted molar refractivity (Wildman–Crippen MR) is 566 cm³/mol. The molecule has 1 atom stereocenters. The van der Waals surface area contributed by atoms with Crippen LogP contribution in [0, 0.1) is 5.92 Å². The largest absolute Gasteiger partial charge is 0.495 e. The van der Waals surface area contributed by atoms with Gasteiger partial charge >= 0.3 is 0 Å². The lowest BCUT2D eigenvalue weighted by Gasteiger charge is -2.20. The first-order chi connectivity index (χ1) is 72.9. The van der Waals surface area contributed by atoms with E-state index in [4.69, 9.17) is 50.2 Å². The number of aliphatic hydroxyl groups excluding tert-OH is 1. The van der Waals surface area contributed by atoms with E-state index in [-0.39, 0.29) is 54.0 Å². The molecule has 1 fully saturated rings. The Morgan fingerprint density at radius 1 is 0.409 bits per heavy atom. The summed E-state index contributed by atoms with van der Waals surface area (Å²) in [5.41, 5.74) is 14.3. The molecule has 1 aliphatic rings. The van der Waals surface area contributed by atoms with Crippen molar-refractivity contribution in [2.45, 2.75) is 58.8 Å². The van der Waals surface area contributed by atoms with Gasteiger partial charge in [0.2, 0.25) is 5.91 Å². The number of fused-ring (bicyclic) bond motifs is 10. The number of furan rings is 6. The number of thiophene rings is 1. The number of nitrogens with one attached hydrogen (secondary N) is 10. The van der Waals surface area contributed by atoms with Crippen LogP contribution in [-0.4, -0.2) is 169 Å². The van der Waals surface area contributed by atoms with Crippen LogP contribution >= 0.6 is 11.3 Å². The van der Waals surface area contributed by atoms with Gasteiger partial charge < -0.3 is 86.8 Å². The first-order valence-electron chi connectivity index (χ1n) is 47.9. The van der Waals surface area contributed by atoms with E-state index >= 15 is 0 Å². The fraction of sp³-hybridized carbons (Fsp3) is 0.168. The molecule has 0 unspecified atom stereocenters. The highest BCUT2D eigenvalue weighted by Crippen LogP contribution is 2.45. The van der Waals surface area contributed by atoms with Crippen LogP contribution in [0.5, 0.6) is 28.7 Å². The van der Waals surface area contributed by atoms with E-state index in [1.807, 2.05) is 206 Å². The standard InChI is InChI=1S/C24H24N4O4.C23H18N4O3.C22H17N3O4.C22H23N3O4.C22H17N3O3S/c1-31-23-16(24(30)25-11-5-13-28-12-4-8-20(28)29)9-10-17-21(23)22(27-26-17)19-14-15-6-2-3-7-18(15)32-19;1-29-22-16(23(28)25-13-15-7-4-5-11-24-15)9-10-17-20(22)21(27-26-17)19-12-14-6-2-3-8-18(14)30-19;1-27-21-15(22(26)23-11-13-8-9-28-12-13)6-7-16-19(21)20(25-24-16)18-10-14-4-2-3-5-17(14)29-18;1-12(2)16(11-26)23-22(27)14-8-9-15-19(21(14)28-3)20(25-24-15)18-10-13-6-4-5-7-17(13)29-18;1-27-21-15(22(26)23-12-14-6-4-10-29-14)8-9-16-19(21)20(25-24-16)18-11-13-5-2-3-7-17(13)28-18/h2-3,6-7,9-10,14H,4-5,8,11-13H2,1H3,(H,25,30)(H,26,27);2-12H,13H2,1H3,(H,25,28)(H,26,27);2-10,12H,11H2,1H3,(H,23,26)(H,24,25);4-10,12,16,26H,11H2,1-3H3,(H,23,27)(H,24,25);2-11H,12H2,1H3,(H,23,26)(H,24,25)/t;;;16-;/m...1./s1. The average Bonchev–Trinajstić information content (AvgIpc) is 1.64. The van der Waals surface area contributed by atoms with Crippen LogP contribution in [0.2, 0.25) is 0 Å². The number of carbonyl (C=O) groups excluding carboxylic acids is 6. The highest BCUT2D eigenvalue weighted by Gasteiger charge is 2.31. The van der Waals surface area contributed by atoms with E-state index in [1.165, 1.54) is 14.2 Å². The maximum Gasteiger partial charge on any atom is 0.255 e. The molecule has 0 bridgehead atoms. The SMILES string of the molecule is COc1c(C(=O)NCCCN2CCCC2=O)ccc2n[nH]c(-c3cc4ccccc4o3)c12.COc1c(C(=O)NCc2ccccn2)ccc2n[nH]c(-c3cc4ccccc4o3)c12.COc1c(C(=O)NCc2cccs2)ccc2n[nH]c(-c3cc4ccccc4o3)c12.COc1c(C(=O)NCc2ccoc2)ccc2n[nH]c(-c3cc4ccccc4o3)c12.COc1c(C(=O)N[C@H](CO)C(C)C)ccc2n[nH]c(-c3cc4ccccc4o3)c12. The zero-order chi connectivity index (χ0) is 103. The number of pyridine rings is 1. The summed E-state index contributed by atoms with van der Waals surface area (Å²) in [5.74, 6) is 4.38. The minimum atomic E-state index is -0.345. The summed E-state index contributed by atoms with van der Waals surface area (Å²) < 4.78 is 63.2. The lowest BCUT2D eigenvalue weighted by atomic mass is 10.0. The van der Waals surface area contributed by atoms with Gasteiger partial charge in [-0.1, -0.05) is 117 Å². The summed E-state index contributed by atoms with van der Waals surface area (Å²) >= 11 is 1.60. The molecule has 1 saturated heterocycles. The number of para-hydroxylation sites is 5. The highest BCUT2D eigenvalue weighted by molar-refractivity contribution is 7.09. The van der Waals surface area contributed by atoms with Gasteiger partial charge in [-0.25, -0.2) is 0 Å². The van der Waals surface area contributed by atoms with E-state index in [9.17, 15) is 33.9 Å². The van der Waals surface area contributed by atoms with Gasteiger partial charge in [-0.3, -0.25) is 59.2 Å². The zero-order valence-electron chi connectivity index (χ0n) is 81.6. The molecular weight excluding hydrogens is 1920 g/mol. The molecule has 0 spiro atoms. The van der Waals surface area contributed by atoms with Crippen molar-refractivity contribution in [1.29, 1.82) is 0 Å². The molecule has 0 saturated carbocycles. The van der Waals surface area contributed by atoms with Crippen molar-refractivity contribution in [2.75, 3.05) is 61.8 Å². The molecule has 14 heterocycles. The van der Waals surface area contributed by atoms with Crippen molar-refractivity contribution in [1.82, 2.24) is 87.5 Å². The van der Waals surface area contributed by atoms with Gasteiger partial charge in [-0.15, -0.1) is 11.3 Å². The molecule has 11 N–H and O–H groups in total. The first-order valence-corrected chi connectivity index (χ1v) is 48.8. The van der Waals surface area contributed by atoms with E-state index < -0.39 is 0 Å². The molecule has 24 rings (SSSR count). The van der Waals surface area contributed by atoms with Crippen LogP contribution in [0.4, 0.5) is 0 Å². The molecule has 750 valence electrons. The number of likely N-dealkylation sites (tertiary alicyclic amines) is 1. The van der Waals surface area contributed by atoms with Crippen LogP contribution in [0.25, 0.3) is 167 Å². The van der Waals surface area contributed by atoms with Gasteiger partial charge in [0, 0.05) is 76.2 Å². The quantitative estimate of drug-likeness (QED) is 0.0203. The van der Waals surface area contributed by atoms with Crippen LogP contribution in [0.1, 0.15) is 101 Å². The summed E-state index contributed by atoms with van der Waals surface area (Å²) in [6, 6.07) is 76.9. The Kier molecular flexibility index (Phi) is 28.7. The van der Waals surface area contributed by atoms with E-state index in [1.54, 1.807) is 118 Å². The average molecular weight is 2020 g/mol. The second-order valence-electron chi connectivity index (χ2n) is 35.1. The van der Waals surface area contributed by atoms with Gasteiger partial charge in [0.1, 0.15) is 85.1 Å². The lowest BCUT2D eigenvalue weighted by Crippen LogP contribution is -2.41. The van der Waals surface area contributed by atoms with Crippen molar-refractivity contribution >= 4 is 156 Å². The Morgan fingerprint density at radius 2 is 0.758 bits per heavy atom. The van der Waals surface area contributed by atoms with Crippen molar-refractivity contribution in [3.63, 3.8) is 0 Å². The van der Waals surface area contributed by atoms with Crippen LogP contribution in [-0.2, 0) is 24.4 Å². The number of aromatic nitrogens is 11. The smallest absolute Gasteiger partial charge is 0.255 e. The monoisotopic (exact) mass is 2010 g/mol. The fourth-order valence-electron chi connectivity index (χ4n) is 18.1. The number of hydrogen-bond donors (Lipinski definition) is 11. The number of benzene rings is 10. The number of H-pyrrole nitrogens is 5. The molecule has 13 aromatic heterocycles. The molecule has 1 aliphatic heterocycles. The minimum absolute atomic E-state index is 0.0960. The number of hydrogen-bond acceptors (Lipinski definition) is 25. The Hall–Kier alpha value is -18.8. The molecule has 6 amide bonds. The minimum Gasteiger partial charge on any atom is -0.495 e. The second kappa shape index (κ2) is 43.8. The molecule has 23 aromatic rings. The number of amides is 6. The molecule has 10 aromatic carbocycles. The number of carbonyl (C=O) groups is 6. The summed E-state index contributed by atoms with van der Waals surface area (Å²) in [6.45, 7) is 6.85. The third kappa shape index (κ3) is 20.4. The molecule has 35 nitrogen and oxygen atoms in total. The summed E-state index contributed by atoms with van der Waals surface area (Å²) in [4.78, 5) is 83.2. The second-order valence-corrected chi connectivity index (χ2v) is 36.2. The zero-order valence-corrected chi connectivity index (χ0v) is 82.4. The third-order valence-electron chi connectivity index (χ3n) is 25.5. The van der Waals surface area contributed by atoms with Crippen LogP contribution < -0.4 is 50.3 Å². The topological polar surface area (TPSA) is 467 Å². The molecular formula is C113H99N17O18S. The number of methoxy groups -OCH3 is 5. The normalized spacial score (nSPS) is 12.0. The summed E-state index contributed by atoms with van der Waals surface area (Å²) in [5, 5.41) is 71.4. The summed E-state index contributed by atoms with van der Waals surface area (Å²) in [6.07, 6.45) is 7.11. The van der Waals surface area contributed by atoms with Gasteiger partial charge in [0.25, 0.3) is 29.5 Å². The number of aromatic amines is 5. The van der Waals surface area contributed by atoms with E-state index in [0.717, 1.165) is 89.3 Å². The molecule has 0 radical (unpaired) electrons. The Balaban J connectivity index is 0.000000113. The number of rotatable bonds is 28.